The lowest BCUT2D eigenvalue weighted by atomic mass is 9.78. The zero-order valence-electron chi connectivity index (χ0n) is 16.1. The van der Waals surface area contributed by atoms with E-state index in [1.54, 1.807) is 18.5 Å². The summed E-state index contributed by atoms with van der Waals surface area (Å²) in [6, 6.07) is 1.76. The van der Waals surface area contributed by atoms with E-state index in [1.807, 2.05) is 0 Å². The molecule has 5 heterocycles. The molecule has 1 spiro atoms. The highest BCUT2D eigenvalue weighted by Crippen LogP contribution is 2.40. The first-order valence-corrected chi connectivity index (χ1v) is 10.1. The topological polar surface area (TPSA) is 96.1 Å². The average molecular weight is 416 g/mol. The number of hydrogen-bond acceptors (Lipinski definition) is 6. The highest BCUT2D eigenvalue weighted by atomic mass is 35.5. The largest absolute Gasteiger partial charge is 0.480 e. The molecule has 2 fully saturated rings. The van der Waals surface area contributed by atoms with Gasteiger partial charge in [-0.2, -0.15) is 4.98 Å². The predicted molar refractivity (Wildman–Crippen MR) is 111 cm³/mol. The molecule has 3 aromatic rings. The Kier molecular flexibility index (Phi) is 4.48. The van der Waals surface area contributed by atoms with Crippen LogP contribution < -0.4 is 15.2 Å². The molecule has 0 aromatic carbocycles. The van der Waals surface area contributed by atoms with Gasteiger partial charge in [0, 0.05) is 43.2 Å². The average Bonchev–Trinajstić information content (AvgIpc) is 3.36. The van der Waals surface area contributed by atoms with E-state index < -0.39 is 0 Å². The van der Waals surface area contributed by atoms with Crippen LogP contribution in [0.5, 0.6) is 5.88 Å². The van der Waals surface area contributed by atoms with Gasteiger partial charge in [-0.05, 0) is 30.7 Å². The second kappa shape index (κ2) is 7.03. The lowest BCUT2D eigenvalue weighted by Gasteiger charge is -2.38. The van der Waals surface area contributed by atoms with Crippen molar-refractivity contribution in [3.05, 3.63) is 33.8 Å². The lowest BCUT2D eigenvalue weighted by Crippen LogP contribution is -2.41. The van der Waals surface area contributed by atoms with Crippen molar-refractivity contribution in [2.75, 3.05) is 38.3 Å². The standard InChI is InChI=1S/C20H22ClN5O3/c1-28-18-15(21)12(2-6-22-18)13-10-23-16-14(13)17(27)25-19(24-16)26-7-3-20(4-8-26)5-9-29-11-20/h2,6,10H,3-5,7-9,11H2,1H3,(H2,23,24,25,27). The number of hydrogen-bond donors (Lipinski definition) is 2. The number of pyridine rings is 1. The third-order valence-corrected chi connectivity index (χ3v) is 6.54. The van der Waals surface area contributed by atoms with Crippen LogP contribution in [0.4, 0.5) is 5.95 Å². The minimum absolute atomic E-state index is 0.197. The predicted octanol–water partition coefficient (Wildman–Crippen LogP) is 2.98. The third-order valence-electron chi connectivity index (χ3n) is 6.18. The van der Waals surface area contributed by atoms with Gasteiger partial charge in [0.05, 0.1) is 19.1 Å². The van der Waals surface area contributed by atoms with Gasteiger partial charge in [-0.15, -0.1) is 0 Å². The fourth-order valence-corrected chi connectivity index (χ4v) is 4.69. The maximum absolute atomic E-state index is 13.0. The summed E-state index contributed by atoms with van der Waals surface area (Å²) >= 11 is 6.41. The Bertz CT molecular complexity index is 1110. The van der Waals surface area contributed by atoms with Gasteiger partial charge in [0.15, 0.2) is 0 Å². The molecule has 2 aliphatic rings. The van der Waals surface area contributed by atoms with E-state index in [0.717, 1.165) is 45.6 Å². The molecule has 0 amide bonds. The third kappa shape index (κ3) is 3.07. The van der Waals surface area contributed by atoms with E-state index in [1.165, 1.54) is 7.11 Å². The van der Waals surface area contributed by atoms with Crippen molar-refractivity contribution in [2.45, 2.75) is 19.3 Å². The Balaban J connectivity index is 1.49. The molecule has 0 unspecified atom stereocenters. The highest BCUT2D eigenvalue weighted by molar-refractivity contribution is 6.35. The van der Waals surface area contributed by atoms with Crippen LogP contribution in [-0.4, -0.2) is 53.3 Å². The Morgan fingerprint density at radius 2 is 2.10 bits per heavy atom. The van der Waals surface area contributed by atoms with Gasteiger partial charge < -0.3 is 19.4 Å². The maximum Gasteiger partial charge on any atom is 0.262 e. The SMILES string of the molecule is COc1nccc(-c2c[nH]c3nc(N4CCC5(CCOC5)CC4)[nH]c(=O)c23)c1Cl. The molecule has 2 saturated heterocycles. The van der Waals surface area contributed by atoms with Crippen LogP contribution >= 0.6 is 11.6 Å². The summed E-state index contributed by atoms with van der Waals surface area (Å²) in [5.74, 6) is 0.917. The van der Waals surface area contributed by atoms with Crippen LogP contribution in [0.2, 0.25) is 5.02 Å². The summed E-state index contributed by atoms with van der Waals surface area (Å²) in [5, 5.41) is 0.834. The molecule has 0 radical (unpaired) electrons. The summed E-state index contributed by atoms with van der Waals surface area (Å²) < 4.78 is 10.8. The van der Waals surface area contributed by atoms with Gasteiger partial charge in [-0.25, -0.2) is 4.98 Å². The number of ether oxygens (including phenoxy) is 2. The minimum Gasteiger partial charge on any atom is -0.480 e. The number of aromatic nitrogens is 4. The van der Waals surface area contributed by atoms with E-state index in [4.69, 9.17) is 21.1 Å². The number of fused-ring (bicyclic) bond motifs is 1. The smallest absolute Gasteiger partial charge is 0.262 e. The molecule has 3 aromatic heterocycles. The normalized spacial score (nSPS) is 18.6. The molecule has 0 saturated carbocycles. The van der Waals surface area contributed by atoms with Crippen molar-refractivity contribution >= 4 is 28.6 Å². The first-order chi connectivity index (χ1) is 14.1. The van der Waals surface area contributed by atoms with Crippen molar-refractivity contribution < 1.29 is 9.47 Å². The van der Waals surface area contributed by atoms with Crippen molar-refractivity contribution in [3.8, 4) is 17.0 Å². The van der Waals surface area contributed by atoms with Crippen LogP contribution in [0.1, 0.15) is 19.3 Å². The summed E-state index contributed by atoms with van der Waals surface area (Å²) in [5.41, 5.74) is 1.99. The second-order valence-corrected chi connectivity index (χ2v) is 8.16. The molecule has 0 atom stereocenters. The summed E-state index contributed by atoms with van der Waals surface area (Å²) in [6.45, 7) is 3.42. The van der Waals surface area contributed by atoms with E-state index >= 15 is 0 Å². The molecule has 8 nitrogen and oxygen atoms in total. The van der Waals surface area contributed by atoms with Crippen molar-refractivity contribution in [3.63, 3.8) is 0 Å². The first kappa shape index (κ1) is 18.4. The summed E-state index contributed by atoms with van der Waals surface area (Å²) in [4.78, 5) is 30.0. The fourth-order valence-electron chi connectivity index (χ4n) is 4.40. The molecule has 2 N–H and O–H groups in total. The molecule has 2 aliphatic heterocycles. The Morgan fingerprint density at radius 3 is 2.83 bits per heavy atom. The Hall–Kier alpha value is -2.58. The van der Waals surface area contributed by atoms with Crippen LogP contribution in [-0.2, 0) is 4.74 Å². The zero-order valence-corrected chi connectivity index (χ0v) is 16.9. The van der Waals surface area contributed by atoms with Gasteiger partial charge in [0.2, 0.25) is 11.8 Å². The summed E-state index contributed by atoms with van der Waals surface area (Å²) in [6.07, 6.45) is 6.58. The number of piperidine rings is 1. The van der Waals surface area contributed by atoms with Crippen molar-refractivity contribution in [1.82, 2.24) is 19.9 Å². The Labute approximate surface area is 172 Å². The quantitative estimate of drug-likeness (QED) is 0.682. The van der Waals surface area contributed by atoms with Crippen LogP contribution in [0.25, 0.3) is 22.2 Å². The fraction of sp³-hybridized carbons (Fsp3) is 0.450. The zero-order chi connectivity index (χ0) is 20.0. The van der Waals surface area contributed by atoms with Crippen molar-refractivity contribution in [1.29, 1.82) is 0 Å². The minimum atomic E-state index is -0.197. The number of methoxy groups -OCH3 is 1. The molecular formula is C20H22ClN5O3. The number of aromatic amines is 2. The molecule has 5 rings (SSSR count). The highest BCUT2D eigenvalue weighted by Gasteiger charge is 2.38. The summed E-state index contributed by atoms with van der Waals surface area (Å²) in [7, 11) is 1.51. The number of nitrogens with zero attached hydrogens (tertiary/aromatic N) is 3. The number of H-pyrrole nitrogens is 2. The van der Waals surface area contributed by atoms with Crippen LogP contribution in [0.3, 0.4) is 0 Å². The second-order valence-electron chi connectivity index (χ2n) is 7.79. The molecule has 29 heavy (non-hydrogen) atoms. The molecule has 0 bridgehead atoms. The lowest BCUT2D eigenvalue weighted by molar-refractivity contribution is 0.133. The maximum atomic E-state index is 13.0. The van der Waals surface area contributed by atoms with Crippen molar-refractivity contribution in [2.24, 2.45) is 5.41 Å². The monoisotopic (exact) mass is 415 g/mol. The van der Waals surface area contributed by atoms with Crippen LogP contribution in [0.15, 0.2) is 23.3 Å². The number of anilines is 1. The number of nitrogens with one attached hydrogen (secondary N) is 2. The Morgan fingerprint density at radius 1 is 1.28 bits per heavy atom. The number of halogens is 1. The molecule has 0 aliphatic carbocycles. The van der Waals surface area contributed by atoms with Gasteiger partial charge >= 0.3 is 0 Å². The first-order valence-electron chi connectivity index (χ1n) is 9.73. The van der Waals surface area contributed by atoms with Gasteiger partial charge in [0.25, 0.3) is 5.56 Å². The number of rotatable bonds is 3. The van der Waals surface area contributed by atoms with Gasteiger partial charge in [-0.3, -0.25) is 9.78 Å². The van der Waals surface area contributed by atoms with Crippen LogP contribution in [0, 0.1) is 5.41 Å². The van der Waals surface area contributed by atoms with E-state index in [0.29, 0.717) is 44.4 Å². The molecule has 152 valence electrons. The van der Waals surface area contributed by atoms with E-state index in [-0.39, 0.29) is 5.56 Å². The van der Waals surface area contributed by atoms with E-state index in [2.05, 4.69) is 24.8 Å². The van der Waals surface area contributed by atoms with Gasteiger partial charge in [-0.1, -0.05) is 11.6 Å². The van der Waals surface area contributed by atoms with E-state index in [9.17, 15) is 4.79 Å². The molecule has 9 heteroatoms. The molecular weight excluding hydrogens is 394 g/mol. The van der Waals surface area contributed by atoms with Gasteiger partial charge in [0.1, 0.15) is 10.7 Å².